The average Bonchev–Trinajstić information content (AvgIpc) is 2.04. The highest BCUT2D eigenvalue weighted by molar-refractivity contribution is 5.92. The molecule has 0 bridgehead atoms. The highest BCUT2D eigenvalue weighted by Gasteiger charge is 2.17. The van der Waals surface area contributed by atoms with Gasteiger partial charge in [-0.1, -0.05) is 6.07 Å². The van der Waals surface area contributed by atoms with E-state index in [0.717, 1.165) is 6.07 Å². The van der Waals surface area contributed by atoms with Gasteiger partial charge in [-0.3, -0.25) is 10.1 Å². The van der Waals surface area contributed by atoms with Crippen LogP contribution in [-0.2, 0) is 0 Å². The van der Waals surface area contributed by atoms with Gasteiger partial charge in [0.15, 0.2) is 0 Å². The van der Waals surface area contributed by atoms with Crippen molar-refractivity contribution in [2.75, 3.05) is 0 Å². The normalized spacial score (nSPS) is 9.33. The summed E-state index contributed by atoms with van der Waals surface area (Å²) in [5.41, 5.74) is -0.854. The fourth-order valence-corrected chi connectivity index (χ4v) is 0.752. The quantitative estimate of drug-likeness (QED) is 0.526. The van der Waals surface area contributed by atoms with Gasteiger partial charge in [0, 0.05) is 0 Å². The van der Waals surface area contributed by atoms with Gasteiger partial charge in [0.2, 0.25) is 0 Å². The van der Waals surface area contributed by atoms with Crippen molar-refractivity contribution in [1.82, 2.24) is 0 Å². The van der Waals surface area contributed by atoms with Crippen LogP contribution in [0.5, 0.6) is 0 Å². The molecule has 1 radical (unpaired) electrons. The highest BCUT2D eigenvalue weighted by Crippen LogP contribution is 2.15. The van der Waals surface area contributed by atoms with Crippen LogP contribution in [0.2, 0.25) is 0 Å². The number of nitrogens with zero attached hydrogens (tertiary/aromatic N) is 1. The van der Waals surface area contributed by atoms with E-state index in [2.05, 4.69) is 6.07 Å². The lowest BCUT2D eigenvalue weighted by Gasteiger charge is -1.94. The van der Waals surface area contributed by atoms with E-state index in [1.165, 1.54) is 12.1 Å². The maximum atomic E-state index is 10.4. The molecular formula is C7H4NO4. The summed E-state index contributed by atoms with van der Waals surface area (Å²) in [7, 11) is 0. The Hall–Kier alpha value is -1.91. The van der Waals surface area contributed by atoms with Gasteiger partial charge in [0.25, 0.3) is 5.69 Å². The van der Waals surface area contributed by atoms with Gasteiger partial charge in [-0.05, 0) is 12.1 Å². The van der Waals surface area contributed by atoms with E-state index in [4.69, 9.17) is 5.11 Å². The number of aromatic carboxylic acids is 1. The van der Waals surface area contributed by atoms with Crippen LogP contribution in [0.4, 0.5) is 5.69 Å². The van der Waals surface area contributed by atoms with Crippen LogP contribution in [0.1, 0.15) is 10.4 Å². The van der Waals surface area contributed by atoms with E-state index in [9.17, 15) is 14.9 Å². The van der Waals surface area contributed by atoms with Gasteiger partial charge in [-0.25, -0.2) is 4.79 Å². The maximum Gasteiger partial charge on any atom is 0.342 e. The molecule has 0 amide bonds. The van der Waals surface area contributed by atoms with Crippen LogP contribution in [0.3, 0.4) is 0 Å². The van der Waals surface area contributed by atoms with E-state index in [1.807, 2.05) is 0 Å². The molecule has 0 unspecified atom stereocenters. The van der Waals surface area contributed by atoms with Crippen LogP contribution in [0.15, 0.2) is 18.2 Å². The SMILES string of the molecule is O=C(O)c1ccc[c]c1[N+](=O)[O-]. The monoisotopic (exact) mass is 166 g/mol. The molecule has 0 saturated carbocycles. The topological polar surface area (TPSA) is 80.4 Å². The van der Waals surface area contributed by atoms with Crippen molar-refractivity contribution in [2.45, 2.75) is 0 Å². The molecule has 0 aromatic heterocycles. The number of benzene rings is 1. The van der Waals surface area contributed by atoms with Gasteiger partial charge in [0.1, 0.15) is 5.56 Å². The summed E-state index contributed by atoms with van der Waals surface area (Å²) in [5, 5.41) is 18.7. The summed E-state index contributed by atoms with van der Waals surface area (Å²) in [6.45, 7) is 0. The molecule has 0 fully saturated rings. The molecule has 0 atom stereocenters. The molecule has 1 aromatic carbocycles. The van der Waals surface area contributed by atoms with E-state index >= 15 is 0 Å². The number of carboxylic acids is 1. The molecule has 0 saturated heterocycles. The van der Waals surface area contributed by atoms with E-state index in [1.54, 1.807) is 0 Å². The first kappa shape index (κ1) is 8.19. The zero-order valence-corrected chi connectivity index (χ0v) is 5.85. The van der Waals surface area contributed by atoms with Crippen molar-refractivity contribution < 1.29 is 14.8 Å². The number of carbonyl (C=O) groups is 1. The molecule has 5 nitrogen and oxygen atoms in total. The number of nitro benzene ring substituents is 1. The second-order valence-corrected chi connectivity index (χ2v) is 1.99. The molecular weight excluding hydrogens is 162 g/mol. The number of para-hydroxylation sites is 1. The van der Waals surface area contributed by atoms with Crippen LogP contribution in [0, 0.1) is 16.2 Å². The van der Waals surface area contributed by atoms with Crippen LogP contribution in [0.25, 0.3) is 0 Å². The van der Waals surface area contributed by atoms with Crippen molar-refractivity contribution in [3.05, 3.63) is 39.9 Å². The summed E-state index contributed by atoms with van der Waals surface area (Å²) in [6, 6.07) is 6.08. The Morgan fingerprint density at radius 3 is 2.75 bits per heavy atom. The molecule has 1 aromatic rings. The van der Waals surface area contributed by atoms with E-state index in [0.29, 0.717) is 0 Å². The Balaban J connectivity index is 3.27. The Labute approximate surface area is 67.4 Å². The fourth-order valence-electron chi connectivity index (χ4n) is 0.752. The average molecular weight is 166 g/mol. The van der Waals surface area contributed by atoms with Gasteiger partial charge in [0.05, 0.1) is 11.0 Å². The minimum absolute atomic E-state index is 0.345. The Morgan fingerprint density at radius 2 is 2.33 bits per heavy atom. The lowest BCUT2D eigenvalue weighted by atomic mass is 10.2. The van der Waals surface area contributed by atoms with Crippen molar-refractivity contribution >= 4 is 11.7 Å². The second-order valence-electron chi connectivity index (χ2n) is 1.99. The van der Waals surface area contributed by atoms with Gasteiger partial charge < -0.3 is 5.11 Å². The predicted molar refractivity (Wildman–Crippen MR) is 38.9 cm³/mol. The van der Waals surface area contributed by atoms with Gasteiger partial charge in [-0.15, -0.1) is 0 Å². The zero-order chi connectivity index (χ0) is 9.14. The van der Waals surface area contributed by atoms with Crippen LogP contribution < -0.4 is 0 Å². The third kappa shape index (κ3) is 1.39. The van der Waals surface area contributed by atoms with Crippen LogP contribution >= 0.6 is 0 Å². The van der Waals surface area contributed by atoms with E-state index in [-0.39, 0.29) is 5.56 Å². The third-order valence-electron chi connectivity index (χ3n) is 1.25. The van der Waals surface area contributed by atoms with Crippen molar-refractivity contribution in [3.8, 4) is 0 Å². The van der Waals surface area contributed by atoms with Crippen molar-refractivity contribution in [2.24, 2.45) is 0 Å². The predicted octanol–water partition coefficient (Wildman–Crippen LogP) is 1.09. The third-order valence-corrected chi connectivity index (χ3v) is 1.25. The molecule has 1 N–H and O–H groups in total. The smallest absolute Gasteiger partial charge is 0.342 e. The number of hydrogen-bond acceptors (Lipinski definition) is 3. The minimum atomic E-state index is -1.32. The summed E-state index contributed by atoms with van der Waals surface area (Å²) >= 11 is 0. The summed E-state index contributed by atoms with van der Waals surface area (Å²) in [6.07, 6.45) is 0. The first-order valence-corrected chi connectivity index (χ1v) is 3.01. The lowest BCUT2D eigenvalue weighted by Crippen LogP contribution is -2.01. The standard InChI is InChI=1S/C7H4NO4/c9-7(10)5-3-1-2-4-6(5)8(11)12/h1-3H,(H,9,10). The molecule has 1 rings (SSSR count). The van der Waals surface area contributed by atoms with Crippen molar-refractivity contribution in [3.63, 3.8) is 0 Å². The molecule has 12 heavy (non-hydrogen) atoms. The number of carboxylic acid groups (broad SMARTS) is 1. The molecule has 0 aliphatic heterocycles. The lowest BCUT2D eigenvalue weighted by molar-refractivity contribution is -0.385. The Kier molecular flexibility index (Phi) is 2.05. The summed E-state index contributed by atoms with van der Waals surface area (Å²) < 4.78 is 0. The summed E-state index contributed by atoms with van der Waals surface area (Å²) in [5.74, 6) is -1.32. The highest BCUT2D eigenvalue weighted by atomic mass is 16.6. The maximum absolute atomic E-state index is 10.4. The molecule has 0 aliphatic carbocycles. The first-order valence-electron chi connectivity index (χ1n) is 3.01. The number of hydrogen-bond donors (Lipinski definition) is 1. The fraction of sp³-hybridized carbons (Fsp3) is 0. The molecule has 0 heterocycles. The van der Waals surface area contributed by atoms with Gasteiger partial charge in [-0.2, -0.15) is 0 Å². The summed E-state index contributed by atoms with van der Waals surface area (Å²) in [4.78, 5) is 19.9. The molecule has 0 aliphatic rings. The Bertz CT molecular complexity index is 301. The number of rotatable bonds is 2. The van der Waals surface area contributed by atoms with Crippen LogP contribution in [-0.4, -0.2) is 16.0 Å². The zero-order valence-electron chi connectivity index (χ0n) is 5.85. The first-order chi connectivity index (χ1) is 5.63. The second kappa shape index (κ2) is 3.00. The molecule has 0 spiro atoms. The Morgan fingerprint density at radius 1 is 1.67 bits per heavy atom. The molecule has 5 heteroatoms. The van der Waals surface area contributed by atoms with E-state index < -0.39 is 16.6 Å². The van der Waals surface area contributed by atoms with Gasteiger partial charge >= 0.3 is 5.97 Å². The largest absolute Gasteiger partial charge is 0.477 e. The molecule has 61 valence electrons. The minimum Gasteiger partial charge on any atom is -0.477 e. The van der Waals surface area contributed by atoms with Crippen molar-refractivity contribution in [1.29, 1.82) is 0 Å². The number of nitro groups is 1.